The van der Waals surface area contributed by atoms with Gasteiger partial charge in [0.15, 0.2) is 0 Å². The number of benzene rings is 4. The largest absolute Gasteiger partial charge is 0.350 e. The molecule has 1 heterocycles. The summed E-state index contributed by atoms with van der Waals surface area (Å²) in [6, 6.07) is 43.3. The quantitative estimate of drug-likeness (QED) is 0.271. The molecular weight excluding hydrogens is 386 g/mol. The van der Waals surface area contributed by atoms with Gasteiger partial charge >= 0.3 is 0 Å². The average Bonchev–Trinajstić information content (AvgIpc) is 3.12. The lowest BCUT2D eigenvalue weighted by Gasteiger charge is -2.10. The van der Waals surface area contributed by atoms with Crippen molar-refractivity contribution in [1.82, 2.24) is 4.57 Å². The molecule has 0 aliphatic carbocycles. The van der Waals surface area contributed by atoms with Crippen LogP contribution in [0.3, 0.4) is 0 Å². The summed E-state index contributed by atoms with van der Waals surface area (Å²) >= 11 is 0. The molecule has 5 rings (SSSR count). The molecule has 0 unspecified atom stereocenters. The van der Waals surface area contributed by atoms with Crippen molar-refractivity contribution in [2.45, 2.75) is 12.8 Å². The number of aromatic nitrogens is 1. The molecule has 0 aliphatic rings. The topological polar surface area (TPSA) is 4.93 Å². The van der Waals surface area contributed by atoms with Gasteiger partial charge in [-0.25, -0.2) is 0 Å². The van der Waals surface area contributed by atoms with Crippen molar-refractivity contribution < 1.29 is 0 Å². The van der Waals surface area contributed by atoms with Crippen LogP contribution in [0.25, 0.3) is 22.3 Å². The van der Waals surface area contributed by atoms with Crippen LogP contribution in [0.4, 0.5) is 0 Å². The molecule has 1 nitrogen and oxygen atoms in total. The molecule has 5 aromatic rings. The van der Waals surface area contributed by atoms with Crippen LogP contribution in [-0.2, 0) is 19.9 Å². The van der Waals surface area contributed by atoms with E-state index in [-0.39, 0.29) is 0 Å². The second-order valence-corrected chi connectivity index (χ2v) is 8.26. The molecule has 1 aromatic heterocycles. The minimum Gasteiger partial charge on any atom is -0.350 e. The molecule has 156 valence electrons. The standard InChI is InChI=1S/C31H27N/c1-32-28(22-24-14-6-2-7-15-24)30(26-18-10-4-11-19-26)31(27-20-12-5-13-21-27)29(32)23-25-16-8-3-9-17-25/h2-21H,22-23H2,1H3. The first-order valence-corrected chi connectivity index (χ1v) is 11.2. The Bertz CT molecular complexity index is 1180. The van der Waals surface area contributed by atoms with Gasteiger partial charge in [0, 0.05) is 42.4 Å². The molecule has 0 radical (unpaired) electrons. The first kappa shape index (κ1) is 20.1. The van der Waals surface area contributed by atoms with Gasteiger partial charge in [0.2, 0.25) is 0 Å². The molecule has 0 spiro atoms. The molecule has 0 N–H and O–H groups in total. The molecule has 0 amide bonds. The second-order valence-electron chi connectivity index (χ2n) is 8.26. The summed E-state index contributed by atoms with van der Waals surface area (Å²) in [7, 11) is 2.23. The third kappa shape index (κ3) is 4.02. The van der Waals surface area contributed by atoms with Crippen molar-refractivity contribution in [3.63, 3.8) is 0 Å². The Hall–Kier alpha value is -3.84. The maximum atomic E-state index is 2.44. The highest BCUT2D eigenvalue weighted by Crippen LogP contribution is 2.41. The highest BCUT2D eigenvalue weighted by molar-refractivity contribution is 5.88. The first-order valence-electron chi connectivity index (χ1n) is 11.2. The summed E-state index contributed by atoms with van der Waals surface area (Å²) in [5.41, 5.74) is 10.6. The molecule has 0 saturated heterocycles. The van der Waals surface area contributed by atoms with Crippen LogP contribution < -0.4 is 0 Å². The van der Waals surface area contributed by atoms with Crippen LogP contribution in [0.2, 0.25) is 0 Å². The number of hydrogen-bond acceptors (Lipinski definition) is 0. The van der Waals surface area contributed by atoms with Crippen molar-refractivity contribution in [3.05, 3.63) is 144 Å². The highest BCUT2D eigenvalue weighted by Gasteiger charge is 2.23. The van der Waals surface area contributed by atoms with Crippen molar-refractivity contribution in [2.75, 3.05) is 0 Å². The highest BCUT2D eigenvalue weighted by atomic mass is 15.0. The Labute approximate surface area is 190 Å². The van der Waals surface area contributed by atoms with Gasteiger partial charge in [-0.1, -0.05) is 121 Å². The van der Waals surface area contributed by atoms with Gasteiger partial charge in [-0.15, -0.1) is 0 Å². The van der Waals surface area contributed by atoms with E-state index in [4.69, 9.17) is 0 Å². The first-order chi connectivity index (χ1) is 15.8. The zero-order valence-electron chi connectivity index (χ0n) is 18.4. The summed E-state index contributed by atoms with van der Waals surface area (Å²) in [5.74, 6) is 0. The van der Waals surface area contributed by atoms with Gasteiger partial charge in [-0.3, -0.25) is 0 Å². The molecule has 0 saturated carbocycles. The lowest BCUT2D eigenvalue weighted by atomic mass is 9.92. The summed E-state index contributed by atoms with van der Waals surface area (Å²) < 4.78 is 2.44. The van der Waals surface area contributed by atoms with E-state index >= 15 is 0 Å². The van der Waals surface area contributed by atoms with Crippen LogP contribution in [0.5, 0.6) is 0 Å². The zero-order chi connectivity index (χ0) is 21.8. The molecule has 4 aromatic carbocycles. The maximum absolute atomic E-state index is 2.44. The monoisotopic (exact) mass is 413 g/mol. The zero-order valence-corrected chi connectivity index (χ0v) is 18.4. The van der Waals surface area contributed by atoms with Crippen LogP contribution in [0.15, 0.2) is 121 Å². The summed E-state index contributed by atoms with van der Waals surface area (Å²) in [6.07, 6.45) is 1.80. The van der Waals surface area contributed by atoms with Gasteiger partial charge in [0.25, 0.3) is 0 Å². The van der Waals surface area contributed by atoms with Crippen LogP contribution in [0, 0.1) is 0 Å². The SMILES string of the molecule is Cn1c(Cc2ccccc2)c(-c2ccccc2)c(-c2ccccc2)c1Cc1ccccc1. The van der Waals surface area contributed by atoms with E-state index in [1.807, 2.05) is 0 Å². The van der Waals surface area contributed by atoms with E-state index in [1.165, 1.54) is 44.8 Å². The third-order valence-corrected chi connectivity index (χ3v) is 6.19. The Morgan fingerprint density at radius 2 is 0.750 bits per heavy atom. The van der Waals surface area contributed by atoms with Gasteiger partial charge in [0.1, 0.15) is 0 Å². The van der Waals surface area contributed by atoms with Crippen LogP contribution in [0.1, 0.15) is 22.5 Å². The Kier molecular flexibility index (Phi) is 5.72. The van der Waals surface area contributed by atoms with Crippen molar-refractivity contribution in [1.29, 1.82) is 0 Å². The van der Waals surface area contributed by atoms with Crippen LogP contribution in [-0.4, -0.2) is 4.57 Å². The molecular formula is C31H27N. The molecule has 0 bridgehead atoms. The summed E-state index contributed by atoms with van der Waals surface area (Å²) in [6.45, 7) is 0. The van der Waals surface area contributed by atoms with Crippen molar-refractivity contribution >= 4 is 0 Å². The Balaban J connectivity index is 1.77. The van der Waals surface area contributed by atoms with Gasteiger partial charge < -0.3 is 4.57 Å². The van der Waals surface area contributed by atoms with Crippen LogP contribution >= 0.6 is 0 Å². The number of rotatable bonds is 6. The van der Waals surface area contributed by atoms with E-state index in [1.54, 1.807) is 0 Å². The molecule has 0 fully saturated rings. The Morgan fingerprint density at radius 1 is 0.438 bits per heavy atom. The summed E-state index contributed by atoms with van der Waals surface area (Å²) in [5, 5.41) is 0. The molecule has 32 heavy (non-hydrogen) atoms. The summed E-state index contributed by atoms with van der Waals surface area (Å²) in [4.78, 5) is 0. The average molecular weight is 414 g/mol. The van der Waals surface area contributed by atoms with Gasteiger partial charge in [0.05, 0.1) is 0 Å². The predicted octanol–water partition coefficient (Wildman–Crippen LogP) is 7.54. The predicted molar refractivity (Wildman–Crippen MR) is 135 cm³/mol. The van der Waals surface area contributed by atoms with Gasteiger partial charge in [-0.05, 0) is 22.3 Å². The number of hydrogen-bond donors (Lipinski definition) is 0. The third-order valence-electron chi connectivity index (χ3n) is 6.19. The number of nitrogens with zero attached hydrogens (tertiary/aromatic N) is 1. The fraction of sp³-hybridized carbons (Fsp3) is 0.0968. The van der Waals surface area contributed by atoms with E-state index in [0.717, 1.165) is 12.8 Å². The lowest BCUT2D eigenvalue weighted by Crippen LogP contribution is -2.04. The minimum absolute atomic E-state index is 0.899. The normalized spacial score (nSPS) is 10.9. The van der Waals surface area contributed by atoms with E-state index in [9.17, 15) is 0 Å². The lowest BCUT2D eigenvalue weighted by molar-refractivity contribution is 0.799. The molecule has 0 atom stereocenters. The van der Waals surface area contributed by atoms with E-state index in [2.05, 4.69) is 133 Å². The smallest absolute Gasteiger partial charge is 0.0303 e. The van der Waals surface area contributed by atoms with E-state index < -0.39 is 0 Å². The molecule has 1 heteroatoms. The van der Waals surface area contributed by atoms with Gasteiger partial charge in [-0.2, -0.15) is 0 Å². The molecule has 0 aliphatic heterocycles. The van der Waals surface area contributed by atoms with Crippen molar-refractivity contribution in [2.24, 2.45) is 7.05 Å². The fourth-order valence-corrected chi connectivity index (χ4v) is 4.61. The van der Waals surface area contributed by atoms with Crippen molar-refractivity contribution in [3.8, 4) is 22.3 Å². The minimum atomic E-state index is 0.899. The maximum Gasteiger partial charge on any atom is 0.0303 e. The Morgan fingerprint density at radius 3 is 1.09 bits per heavy atom. The van der Waals surface area contributed by atoms with E-state index in [0.29, 0.717) is 0 Å². The fourth-order valence-electron chi connectivity index (χ4n) is 4.61. The second kappa shape index (κ2) is 9.11.